The first kappa shape index (κ1) is 9.10. The van der Waals surface area contributed by atoms with Gasteiger partial charge in [0.1, 0.15) is 0 Å². The number of hydrogen-bond donors (Lipinski definition) is 0. The maximum atomic E-state index is 9.08. The molecule has 0 rings (SSSR count). The minimum Gasteiger partial charge on any atom is -0.834 e. The quantitative estimate of drug-likeness (QED) is 0.231. The number of methoxy groups -OCH3 is 1. The van der Waals surface area contributed by atoms with Gasteiger partial charge in [0.15, 0.2) is 0 Å². The third-order valence-corrected chi connectivity index (χ3v) is 0.118. The zero-order chi connectivity index (χ0) is 3.41. The smallest absolute Gasteiger partial charge is 0.834 e. The van der Waals surface area contributed by atoms with Gasteiger partial charge in [-0.05, 0) is 6.79 Å². The van der Waals surface area contributed by atoms with Crippen LogP contribution in [0.2, 0.25) is 0 Å². The average molecular weight is 68.0 g/mol. The third kappa shape index (κ3) is 12.4. The Morgan fingerprint density at radius 2 is 2.00 bits per heavy atom. The van der Waals surface area contributed by atoms with Crippen LogP contribution in [0.1, 0.15) is 0 Å². The van der Waals surface area contributed by atoms with E-state index < -0.39 is 6.79 Å². The van der Waals surface area contributed by atoms with E-state index in [-0.39, 0.29) is 18.9 Å². The second-order valence-electron chi connectivity index (χ2n) is 0.407. The van der Waals surface area contributed by atoms with Crippen LogP contribution in [0, 0.1) is 0 Å². The summed E-state index contributed by atoms with van der Waals surface area (Å²) >= 11 is 0. The van der Waals surface area contributed by atoms with Gasteiger partial charge in [0.2, 0.25) is 0 Å². The van der Waals surface area contributed by atoms with Gasteiger partial charge in [-0.3, -0.25) is 0 Å². The largest absolute Gasteiger partial charge is 1.00 e. The molecule has 0 aliphatic rings. The zero-order valence-corrected chi connectivity index (χ0v) is 3.52. The van der Waals surface area contributed by atoms with E-state index in [1.807, 2.05) is 0 Å². The van der Waals surface area contributed by atoms with Crippen LogP contribution in [-0.4, -0.2) is 13.9 Å². The van der Waals surface area contributed by atoms with E-state index in [0.717, 1.165) is 0 Å². The first-order valence-corrected chi connectivity index (χ1v) is 0.986. The van der Waals surface area contributed by atoms with Gasteiger partial charge in [-0.1, -0.05) is 0 Å². The molecule has 0 fully saturated rings. The molecule has 0 unspecified atom stereocenters. The number of rotatable bonds is 1. The molecule has 0 aliphatic carbocycles. The summed E-state index contributed by atoms with van der Waals surface area (Å²) in [5.41, 5.74) is 0. The molecule has 0 saturated carbocycles. The Bertz CT molecular complexity index is 9.61. The van der Waals surface area contributed by atoms with Gasteiger partial charge in [-0.15, -0.1) is 0 Å². The Morgan fingerprint density at radius 1 is 1.80 bits per heavy atom. The monoisotopic (exact) mass is 68.0 g/mol. The summed E-state index contributed by atoms with van der Waals surface area (Å²) in [7, 11) is 1.37. The van der Waals surface area contributed by atoms with Crippen molar-refractivity contribution < 1.29 is 28.7 Å². The standard InChI is InChI=1S/C2H5O2.Li/c1-4-2-3;/h2H2,1H3;/q-1;+1. The summed E-state index contributed by atoms with van der Waals surface area (Å²) in [6.07, 6.45) is 0. The molecule has 2 nitrogen and oxygen atoms in total. The molecule has 0 bridgehead atoms. The molecule has 0 radical (unpaired) electrons. The van der Waals surface area contributed by atoms with Gasteiger partial charge in [0.05, 0.1) is 0 Å². The summed E-state index contributed by atoms with van der Waals surface area (Å²) in [5.74, 6) is 0. The summed E-state index contributed by atoms with van der Waals surface area (Å²) in [4.78, 5) is 0. The summed E-state index contributed by atoms with van der Waals surface area (Å²) in [6.45, 7) is -0.431. The fourth-order valence-electron chi connectivity index (χ4n) is 0. The molecule has 0 aromatic rings. The number of hydrogen-bond acceptors (Lipinski definition) is 2. The van der Waals surface area contributed by atoms with E-state index in [2.05, 4.69) is 4.74 Å². The van der Waals surface area contributed by atoms with Crippen LogP contribution in [0.5, 0.6) is 0 Å². The van der Waals surface area contributed by atoms with Crippen molar-refractivity contribution in [1.82, 2.24) is 0 Å². The van der Waals surface area contributed by atoms with Crippen LogP contribution in [-0.2, 0) is 4.74 Å². The normalized spacial score (nSPS) is 6.00. The van der Waals surface area contributed by atoms with Crippen molar-refractivity contribution in [2.24, 2.45) is 0 Å². The fraction of sp³-hybridized carbons (Fsp3) is 1.00. The molecule has 0 amide bonds. The molecule has 0 heterocycles. The Kier molecular flexibility index (Phi) is 16.1. The van der Waals surface area contributed by atoms with Gasteiger partial charge in [0.25, 0.3) is 0 Å². The first-order valence-electron chi connectivity index (χ1n) is 0.986. The Morgan fingerprint density at radius 3 is 2.00 bits per heavy atom. The fourth-order valence-corrected chi connectivity index (χ4v) is 0. The molecule has 0 spiro atoms. The van der Waals surface area contributed by atoms with Gasteiger partial charge < -0.3 is 9.84 Å². The predicted octanol–water partition coefficient (Wildman–Crippen LogP) is -4.05. The molecule has 0 atom stereocenters. The second kappa shape index (κ2) is 8.82. The molecule has 5 heavy (non-hydrogen) atoms. The third-order valence-electron chi connectivity index (χ3n) is 0.118. The Labute approximate surface area is 43.3 Å². The van der Waals surface area contributed by atoms with Gasteiger partial charge in [-0.25, -0.2) is 0 Å². The summed E-state index contributed by atoms with van der Waals surface area (Å²) < 4.78 is 3.99. The topological polar surface area (TPSA) is 32.3 Å². The Hall–Kier alpha value is 0.517. The van der Waals surface area contributed by atoms with Gasteiger partial charge in [0, 0.05) is 7.11 Å². The van der Waals surface area contributed by atoms with Crippen molar-refractivity contribution in [1.29, 1.82) is 0 Å². The number of ether oxygens (including phenoxy) is 1. The zero-order valence-electron chi connectivity index (χ0n) is 3.52. The van der Waals surface area contributed by atoms with Crippen LogP contribution >= 0.6 is 0 Å². The molecule has 0 aromatic carbocycles. The molecule has 0 saturated heterocycles. The maximum Gasteiger partial charge on any atom is 1.00 e. The first-order chi connectivity index (χ1) is 1.91. The van der Waals surface area contributed by atoms with Crippen molar-refractivity contribution in [2.45, 2.75) is 0 Å². The van der Waals surface area contributed by atoms with E-state index >= 15 is 0 Å². The van der Waals surface area contributed by atoms with Crippen LogP contribution < -0.4 is 24.0 Å². The van der Waals surface area contributed by atoms with E-state index in [1.165, 1.54) is 7.11 Å². The second-order valence-corrected chi connectivity index (χ2v) is 0.407. The van der Waals surface area contributed by atoms with Crippen LogP contribution in [0.3, 0.4) is 0 Å². The average Bonchev–Trinajstić information content (AvgIpc) is 1.37. The maximum absolute atomic E-state index is 9.08. The van der Waals surface area contributed by atoms with Crippen molar-refractivity contribution in [3.05, 3.63) is 0 Å². The van der Waals surface area contributed by atoms with E-state index in [1.54, 1.807) is 0 Å². The summed E-state index contributed by atoms with van der Waals surface area (Å²) in [6, 6.07) is 0. The molecule has 3 heteroatoms. The van der Waals surface area contributed by atoms with E-state index in [4.69, 9.17) is 5.11 Å². The molecule has 0 N–H and O–H groups in total. The molecular weight excluding hydrogens is 63.0 g/mol. The molecule has 0 aromatic heterocycles. The molecular formula is C2H5LiO2. The minimum absolute atomic E-state index is 0. The predicted molar refractivity (Wildman–Crippen MR) is 11.9 cm³/mol. The van der Waals surface area contributed by atoms with Gasteiger partial charge in [-0.2, -0.15) is 0 Å². The van der Waals surface area contributed by atoms with Crippen LogP contribution in [0.15, 0.2) is 0 Å². The Balaban J connectivity index is 0. The van der Waals surface area contributed by atoms with Crippen molar-refractivity contribution in [3.63, 3.8) is 0 Å². The summed E-state index contributed by atoms with van der Waals surface area (Å²) in [5, 5.41) is 9.08. The van der Waals surface area contributed by atoms with Crippen molar-refractivity contribution in [3.8, 4) is 0 Å². The van der Waals surface area contributed by atoms with E-state index in [9.17, 15) is 0 Å². The van der Waals surface area contributed by atoms with Crippen molar-refractivity contribution in [2.75, 3.05) is 13.9 Å². The SMILES string of the molecule is COC[O-].[Li+]. The molecule has 26 valence electrons. The minimum atomic E-state index is -0.431. The van der Waals surface area contributed by atoms with Crippen LogP contribution in [0.4, 0.5) is 0 Å². The van der Waals surface area contributed by atoms with Crippen molar-refractivity contribution >= 4 is 0 Å². The van der Waals surface area contributed by atoms with Gasteiger partial charge >= 0.3 is 18.9 Å². The van der Waals surface area contributed by atoms with E-state index in [0.29, 0.717) is 0 Å². The molecule has 0 aliphatic heterocycles. The van der Waals surface area contributed by atoms with Crippen LogP contribution in [0.25, 0.3) is 0 Å².